The lowest BCUT2D eigenvalue weighted by molar-refractivity contribution is 0.0938. The van der Waals surface area contributed by atoms with Crippen LogP contribution in [0.15, 0.2) is 24.3 Å². The van der Waals surface area contributed by atoms with Crippen LogP contribution in [-0.2, 0) is 0 Å². The second-order valence-electron chi connectivity index (χ2n) is 8.10. The normalized spacial score (nSPS) is 23.3. The average molecular weight is 387 g/mol. The molecule has 0 aliphatic carbocycles. The first-order valence-corrected chi connectivity index (χ1v) is 10.7. The van der Waals surface area contributed by atoms with Crippen molar-refractivity contribution in [3.05, 3.63) is 35.4 Å². The number of amides is 3. The third-order valence-corrected chi connectivity index (χ3v) is 6.17. The molecule has 2 heterocycles. The number of benzene rings is 1. The highest BCUT2D eigenvalue weighted by atomic mass is 16.2. The molecule has 2 N–H and O–H groups in total. The van der Waals surface area contributed by atoms with Gasteiger partial charge in [0.25, 0.3) is 5.91 Å². The van der Waals surface area contributed by atoms with Crippen molar-refractivity contribution in [2.45, 2.75) is 51.0 Å². The molecule has 2 aliphatic heterocycles. The van der Waals surface area contributed by atoms with Crippen LogP contribution in [0.4, 0.5) is 4.79 Å². The van der Waals surface area contributed by atoms with Gasteiger partial charge in [0.2, 0.25) is 0 Å². The fraction of sp³-hybridized carbons (Fsp3) is 0.636. The van der Waals surface area contributed by atoms with E-state index in [0.29, 0.717) is 24.7 Å². The molecular formula is C22H34N4O2. The number of nitrogens with one attached hydrogen (secondary N) is 2. The summed E-state index contributed by atoms with van der Waals surface area (Å²) in [5.74, 6) is 0.276. The van der Waals surface area contributed by atoms with Gasteiger partial charge < -0.3 is 15.5 Å². The van der Waals surface area contributed by atoms with E-state index in [4.69, 9.17) is 0 Å². The van der Waals surface area contributed by atoms with Crippen molar-refractivity contribution in [2.24, 2.45) is 0 Å². The molecule has 3 rings (SSSR count). The molecule has 6 nitrogen and oxygen atoms in total. The minimum atomic E-state index is -0.0226. The SMILES string of the molecule is CNC(=O)N1CCC[C@H](c2cccc(C(=O)NCCN3CCCC[C@H]3C)c2)C1. The number of likely N-dealkylation sites (tertiary alicyclic amines) is 2. The Hall–Kier alpha value is -2.08. The van der Waals surface area contributed by atoms with Crippen molar-refractivity contribution < 1.29 is 9.59 Å². The highest BCUT2D eigenvalue weighted by molar-refractivity contribution is 5.94. The summed E-state index contributed by atoms with van der Waals surface area (Å²) in [5.41, 5.74) is 1.85. The number of piperidine rings is 2. The van der Waals surface area contributed by atoms with Gasteiger partial charge in [0.1, 0.15) is 0 Å². The van der Waals surface area contributed by atoms with Crippen molar-refractivity contribution >= 4 is 11.9 Å². The van der Waals surface area contributed by atoms with Gasteiger partial charge in [-0.05, 0) is 56.8 Å². The summed E-state index contributed by atoms with van der Waals surface area (Å²) in [7, 11) is 1.67. The van der Waals surface area contributed by atoms with Gasteiger partial charge in [0, 0.05) is 50.7 Å². The zero-order valence-corrected chi connectivity index (χ0v) is 17.2. The summed E-state index contributed by atoms with van der Waals surface area (Å²) >= 11 is 0. The van der Waals surface area contributed by atoms with E-state index in [2.05, 4.69) is 28.5 Å². The van der Waals surface area contributed by atoms with Crippen LogP contribution in [0.5, 0.6) is 0 Å². The van der Waals surface area contributed by atoms with E-state index in [1.807, 2.05) is 23.1 Å². The molecule has 0 saturated carbocycles. The minimum absolute atomic E-state index is 0.00882. The number of hydrogen-bond donors (Lipinski definition) is 2. The second-order valence-corrected chi connectivity index (χ2v) is 8.10. The van der Waals surface area contributed by atoms with Crippen LogP contribution in [0.25, 0.3) is 0 Å². The summed E-state index contributed by atoms with van der Waals surface area (Å²) < 4.78 is 0. The molecule has 0 bridgehead atoms. The Morgan fingerprint density at radius 1 is 1.14 bits per heavy atom. The van der Waals surface area contributed by atoms with Crippen molar-refractivity contribution in [3.63, 3.8) is 0 Å². The molecule has 2 aliphatic rings. The van der Waals surface area contributed by atoms with Crippen molar-refractivity contribution in [2.75, 3.05) is 39.8 Å². The first-order valence-electron chi connectivity index (χ1n) is 10.7. The predicted octanol–water partition coefficient (Wildman–Crippen LogP) is 2.81. The van der Waals surface area contributed by atoms with Crippen LogP contribution in [0, 0.1) is 0 Å². The molecule has 2 atom stereocenters. The Bertz CT molecular complexity index is 678. The van der Waals surface area contributed by atoms with Gasteiger partial charge in [-0.2, -0.15) is 0 Å². The van der Waals surface area contributed by atoms with Gasteiger partial charge in [-0.15, -0.1) is 0 Å². The Morgan fingerprint density at radius 2 is 2.00 bits per heavy atom. The second kappa shape index (κ2) is 9.92. The standard InChI is InChI=1S/C22H34N4O2/c1-17-7-3-4-12-25(17)14-11-24-21(27)19-9-5-8-18(15-19)20-10-6-13-26(16-20)22(28)23-2/h5,8-9,15,17,20H,3-4,6-7,10-14,16H2,1-2H3,(H,23,28)(H,24,27)/t17-,20+/m1/s1. The monoisotopic (exact) mass is 386 g/mol. The van der Waals surface area contributed by atoms with E-state index in [1.54, 1.807) is 7.05 Å². The Kier molecular flexibility index (Phi) is 7.31. The number of carbonyl (C=O) groups excluding carboxylic acids is 2. The molecule has 2 fully saturated rings. The lowest BCUT2D eigenvalue weighted by Gasteiger charge is -2.33. The molecule has 6 heteroatoms. The maximum atomic E-state index is 12.6. The van der Waals surface area contributed by atoms with Crippen molar-refractivity contribution in [3.8, 4) is 0 Å². The van der Waals surface area contributed by atoms with Crippen LogP contribution in [0.1, 0.15) is 60.9 Å². The molecule has 28 heavy (non-hydrogen) atoms. The quantitative estimate of drug-likeness (QED) is 0.818. The third kappa shape index (κ3) is 5.25. The summed E-state index contributed by atoms with van der Waals surface area (Å²) in [5, 5.41) is 5.79. The minimum Gasteiger partial charge on any atom is -0.351 e. The van der Waals surface area contributed by atoms with E-state index in [0.717, 1.165) is 38.0 Å². The maximum Gasteiger partial charge on any atom is 0.317 e. The van der Waals surface area contributed by atoms with Crippen LogP contribution in [0.3, 0.4) is 0 Å². The van der Waals surface area contributed by atoms with Crippen molar-refractivity contribution in [1.29, 1.82) is 0 Å². The largest absolute Gasteiger partial charge is 0.351 e. The maximum absolute atomic E-state index is 12.6. The third-order valence-electron chi connectivity index (χ3n) is 6.17. The smallest absolute Gasteiger partial charge is 0.317 e. The fourth-order valence-electron chi connectivity index (χ4n) is 4.43. The van der Waals surface area contributed by atoms with Crippen molar-refractivity contribution in [1.82, 2.24) is 20.4 Å². The van der Waals surface area contributed by atoms with Gasteiger partial charge >= 0.3 is 6.03 Å². The number of hydrogen-bond acceptors (Lipinski definition) is 3. The van der Waals surface area contributed by atoms with Gasteiger partial charge in [-0.1, -0.05) is 18.6 Å². The van der Waals surface area contributed by atoms with Gasteiger partial charge in [-0.3, -0.25) is 9.69 Å². The van der Waals surface area contributed by atoms with Gasteiger partial charge in [0.15, 0.2) is 0 Å². The number of nitrogens with zero attached hydrogens (tertiary/aromatic N) is 2. The molecule has 1 aromatic rings. The van der Waals surface area contributed by atoms with Gasteiger partial charge in [-0.25, -0.2) is 4.79 Å². The highest BCUT2D eigenvalue weighted by Crippen LogP contribution is 2.27. The zero-order valence-electron chi connectivity index (χ0n) is 17.2. The lowest BCUT2D eigenvalue weighted by atomic mass is 9.89. The number of rotatable bonds is 5. The Balaban J connectivity index is 1.55. The number of urea groups is 1. The topological polar surface area (TPSA) is 64.7 Å². The van der Waals surface area contributed by atoms with E-state index in [-0.39, 0.29) is 17.9 Å². The fourth-order valence-corrected chi connectivity index (χ4v) is 4.43. The molecule has 3 amide bonds. The predicted molar refractivity (Wildman–Crippen MR) is 112 cm³/mol. The van der Waals surface area contributed by atoms with Crippen LogP contribution in [0.2, 0.25) is 0 Å². The van der Waals surface area contributed by atoms with Crippen LogP contribution >= 0.6 is 0 Å². The molecular weight excluding hydrogens is 352 g/mol. The average Bonchev–Trinajstić information content (AvgIpc) is 2.74. The molecule has 0 radical (unpaired) electrons. The first kappa shape index (κ1) is 20.6. The highest BCUT2D eigenvalue weighted by Gasteiger charge is 2.24. The molecule has 154 valence electrons. The summed E-state index contributed by atoms with van der Waals surface area (Å²) in [6, 6.07) is 8.49. The first-order chi connectivity index (χ1) is 13.6. The van der Waals surface area contributed by atoms with E-state index in [1.165, 1.54) is 19.3 Å². The summed E-state index contributed by atoms with van der Waals surface area (Å²) in [6.45, 7) is 6.51. The van der Waals surface area contributed by atoms with Crippen LogP contribution < -0.4 is 10.6 Å². The van der Waals surface area contributed by atoms with E-state index in [9.17, 15) is 9.59 Å². The van der Waals surface area contributed by atoms with E-state index >= 15 is 0 Å². The molecule has 2 saturated heterocycles. The summed E-state index contributed by atoms with van der Waals surface area (Å²) in [6.07, 6.45) is 5.86. The Morgan fingerprint density at radius 3 is 2.79 bits per heavy atom. The van der Waals surface area contributed by atoms with Crippen LogP contribution in [-0.4, -0.2) is 67.6 Å². The van der Waals surface area contributed by atoms with Gasteiger partial charge in [0.05, 0.1) is 0 Å². The molecule has 1 aromatic carbocycles. The number of carbonyl (C=O) groups is 2. The Labute approximate surface area is 168 Å². The molecule has 0 aromatic heterocycles. The summed E-state index contributed by atoms with van der Waals surface area (Å²) in [4.78, 5) is 28.9. The zero-order chi connectivity index (χ0) is 19.9. The van der Waals surface area contributed by atoms with E-state index < -0.39 is 0 Å². The molecule has 0 unspecified atom stereocenters. The molecule has 0 spiro atoms. The lowest BCUT2D eigenvalue weighted by Crippen LogP contribution is -2.43.